The zero-order valence-corrected chi connectivity index (χ0v) is 17.9. The molecule has 0 aliphatic carbocycles. The summed E-state index contributed by atoms with van der Waals surface area (Å²) in [7, 11) is 0. The van der Waals surface area contributed by atoms with E-state index in [0.717, 1.165) is 16.8 Å². The Morgan fingerprint density at radius 1 is 1.03 bits per heavy atom. The largest absolute Gasteiger partial charge is 0.392 e. The Bertz CT molecular complexity index is 1450. The fraction of sp³-hybridized carbons (Fsp3) is 0.174. The van der Waals surface area contributed by atoms with Gasteiger partial charge in [-0.1, -0.05) is 30.3 Å². The van der Waals surface area contributed by atoms with Gasteiger partial charge in [-0.05, 0) is 44.0 Å². The normalized spacial score (nSPS) is 11.8. The molecule has 0 aliphatic rings. The maximum absolute atomic E-state index is 13.7. The van der Waals surface area contributed by atoms with Gasteiger partial charge in [0.25, 0.3) is 11.2 Å². The first-order valence-electron chi connectivity index (χ1n) is 9.97. The van der Waals surface area contributed by atoms with Crippen LogP contribution in [-0.2, 0) is 0 Å². The molecule has 0 radical (unpaired) electrons. The van der Waals surface area contributed by atoms with Crippen LogP contribution in [-0.4, -0.2) is 19.5 Å². The highest BCUT2D eigenvalue weighted by Crippen LogP contribution is 2.32. The quantitative estimate of drug-likeness (QED) is 0.425. The van der Waals surface area contributed by atoms with Crippen LogP contribution in [0.1, 0.15) is 29.9 Å². The summed E-state index contributed by atoms with van der Waals surface area (Å²) in [5, 5.41) is 3.71. The van der Waals surface area contributed by atoms with E-state index in [-0.39, 0.29) is 28.8 Å². The molecule has 0 fully saturated rings. The van der Waals surface area contributed by atoms with Crippen LogP contribution < -0.4 is 22.3 Å². The smallest absolute Gasteiger partial charge is 0.268 e. The fourth-order valence-electron chi connectivity index (χ4n) is 3.72. The van der Waals surface area contributed by atoms with Crippen LogP contribution in [0.3, 0.4) is 0 Å². The summed E-state index contributed by atoms with van der Waals surface area (Å²) in [4.78, 5) is 29.9. The molecule has 0 bridgehead atoms. The first kappa shape index (κ1) is 20.8. The molecule has 1 atom stereocenters. The van der Waals surface area contributed by atoms with Crippen molar-refractivity contribution in [3.8, 4) is 5.69 Å². The average molecular weight is 426 g/mol. The molecule has 160 valence electrons. The van der Waals surface area contributed by atoms with Gasteiger partial charge in [0, 0.05) is 0 Å². The van der Waals surface area contributed by atoms with E-state index in [1.165, 1.54) is 0 Å². The minimum absolute atomic E-state index is 0.0133. The molecule has 4 aromatic rings. The van der Waals surface area contributed by atoms with Crippen molar-refractivity contribution in [1.29, 1.82) is 0 Å². The molecule has 9 heteroatoms. The first-order chi connectivity index (χ1) is 15.3. The molecule has 32 heavy (non-hydrogen) atoms. The van der Waals surface area contributed by atoms with Gasteiger partial charge in [-0.3, -0.25) is 9.36 Å². The number of nitrogen functional groups attached to an aromatic ring is 2. The fourth-order valence-corrected chi connectivity index (χ4v) is 3.72. The zero-order valence-electron chi connectivity index (χ0n) is 17.9. The Kier molecular flexibility index (Phi) is 5.20. The number of nitrogens with two attached hydrogens (primary N) is 2. The zero-order chi connectivity index (χ0) is 23.0. The molecule has 4 rings (SSSR count). The van der Waals surface area contributed by atoms with E-state index < -0.39 is 6.04 Å². The maximum Gasteiger partial charge on any atom is 0.268 e. The number of nitrogens with zero attached hydrogens (tertiary/aromatic N) is 5. The van der Waals surface area contributed by atoms with Gasteiger partial charge < -0.3 is 16.8 Å². The number of anilines is 3. The van der Waals surface area contributed by atoms with E-state index in [2.05, 4.69) is 20.1 Å². The molecule has 0 spiro atoms. The van der Waals surface area contributed by atoms with Crippen molar-refractivity contribution >= 4 is 34.2 Å². The molecule has 5 N–H and O–H groups in total. The van der Waals surface area contributed by atoms with Gasteiger partial charge in [0.1, 0.15) is 17.5 Å². The van der Waals surface area contributed by atoms with Crippen molar-refractivity contribution in [2.75, 3.05) is 16.8 Å². The highest BCUT2D eigenvalue weighted by atomic mass is 16.1. The molecule has 0 saturated carbocycles. The molecule has 2 aromatic carbocycles. The average Bonchev–Trinajstić information content (AvgIpc) is 2.74. The summed E-state index contributed by atoms with van der Waals surface area (Å²) in [5.41, 5.74) is 14.6. The minimum Gasteiger partial charge on any atom is -0.392 e. The predicted molar refractivity (Wildman–Crippen MR) is 126 cm³/mol. The van der Waals surface area contributed by atoms with Crippen LogP contribution in [0.2, 0.25) is 0 Å². The van der Waals surface area contributed by atoms with Gasteiger partial charge in [-0.25, -0.2) is 19.8 Å². The number of aryl methyl sites for hydroxylation is 2. The number of nitrogens with one attached hydrogen (secondary N) is 1. The number of para-hydroxylation sites is 1. The molecule has 0 aliphatic heterocycles. The van der Waals surface area contributed by atoms with Crippen LogP contribution in [0.25, 0.3) is 21.4 Å². The third kappa shape index (κ3) is 3.48. The Morgan fingerprint density at radius 3 is 2.47 bits per heavy atom. The van der Waals surface area contributed by atoms with Crippen molar-refractivity contribution in [2.24, 2.45) is 0 Å². The molecule has 0 saturated heterocycles. The van der Waals surface area contributed by atoms with Crippen molar-refractivity contribution in [3.05, 3.63) is 81.2 Å². The second-order valence-electron chi connectivity index (χ2n) is 7.51. The van der Waals surface area contributed by atoms with Crippen LogP contribution in [0.4, 0.5) is 23.3 Å². The Hall–Kier alpha value is -4.45. The van der Waals surface area contributed by atoms with Crippen molar-refractivity contribution in [2.45, 2.75) is 26.8 Å². The lowest BCUT2D eigenvalue weighted by atomic mass is 10.1. The Labute approximate surface area is 184 Å². The SMILES string of the molecule is [C-]#[N+]c1c(N)nc(N)nc1NC(C)c1nc2cccc(C)c2c(=O)n1-c1ccccc1C. The van der Waals surface area contributed by atoms with E-state index in [1.807, 2.05) is 63.2 Å². The van der Waals surface area contributed by atoms with Crippen LogP contribution in [0, 0.1) is 20.4 Å². The van der Waals surface area contributed by atoms with Crippen LogP contribution in [0.5, 0.6) is 0 Å². The number of fused-ring (bicyclic) bond motifs is 1. The van der Waals surface area contributed by atoms with Gasteiger partial charge in [-0.2, -0.15) is 0 Å². The molecule has 2 aromatic heterocycles. The molecular weight excluding hydrogens is 404 g/mol. The molecule has 2 heterocycles. The van der Waals surface area contributed by atoms with Gasteiger partial charge in [-0.15, -0.1) is 0 Å². The van der Waals surface area contributed by atoms with Crippen LogP contribution >= 0.6 is 0 Å². The molecular formula is C23H22N8O. The topological polar surface area (TPSA) is 129 Å². The van der Waals surface area contributed by atoms with E-state index >= 15 is 0 Å². The second kappa shape index (κ2) is 8.00. The van der Waals surface area contributed by atoms with E-state index in [9.17, 15) is 4.79 Å². The third-order valence-corrected chi connectivity index (χ3v) is 5.27. The highest BCUT2D eigenvalue weighted by Gasteiger charge is 2.22. The lowest BCUT2D eigenvalue weighted by Gasteiger charge is -2.22. The van der Waals surface area contributed by atoms with Gasteiger partial charge in [0.15, 0.2) is 0 Å². The summed E-state index contributed by atoms with van der Waals surface area (Å²) < 4.78 is 1.60. The van der Waals surface area contributed by atoms with Gasteiger partial charge in [0.05, 0.1) is 29.2 Å². The van der Waals surface area contributed by atoms with E-state index in [1.54, 1.807) is 4.57 Å². The van der Waals surface area contributed by atoms with E-state index in [4.69, 9.17) is 23.0 Å². The summed E-state index contributed by atoms with van der Waals surface area (Å²) >= 11 is 0. The van der Waals surface area contributed by atoms with Crippen LogP contribution in [0.15, 0.2) is 47.3 Å². The number of rotatable bonds is 4. The second-order valence-corrected chi connectivity index (χ2v) is 7.51. The Balaban J connectivity index is 1.97. The van der Waals surface area contributed by atoms with E-state index in [0.29, 0.717) is 16.7 Å². The van der Waals surface area contributed by atoms with Crippen molar-refractivity contribution in [1.82, 2.24) is 19.5 Å². The third-order valence-electron chi connectivity index (χ3n) is 5.27. The van der Waals surface area contributed by atoms with Crippen molar-refractivity contribution in [3.63, 3.8) is 0 Å². The molecule has 0 amide bonds. The predicted octanol–water partition coefficient (Wildman–Crippen LogP) is 3.68. The van der Waals surface area contributed by atoms with Gasteiger partial charge in [0.2, 0.25) is 5.95 Å². The number of aromatic nitrogens is 4. The molecule has 1 unspecified atom stereocenters. The van der Waals surface area contributed by atoms with Gasteiger partial charge >= 0.3 is 0 Å². The standard InChI is InChI=1S/C23H22N8O/c1-12-8-5-6-11-16(12)31-21(28-15-10-7-9-13(2)17(15)22(31)32)14(3)27-20-18(26-4)19(24)29-23(25)30-20/h5-11,14H,1-3H3,(H5,24,25,27,29,30). The van der Waals surface area contributed by atoms with Crippen molar-refractivity contribution < 1.29 is 0 Å². The minimum atomic E-state index is -0.513. The Morgan fingerprint density at radius 2 is 1.75 bits per heavy atom. The number of hydrogen-bond donors (Lipinski definition) is 3. The molecule has 9 nitrogen and oxygen atoms in total. The summed E-state index contributed by atoms with van der Waals surface area (Å²) in [6.07, 6.45) is 0. The maximum atomic E-state index is 13.7. The summed E-state index contributed by atoms with van der Waals surface area (Å²) in [6.45, 7) is 13.1. The first-order valence-corrected chi connectivity index (χ1v) is 9.97. The highest BCUT2D eigenvalue weighted by molar-refractivity contribution is 5.82. The number of hydrogen-bond acceptors (Lipinski definition) is 7. The lowest BCUT2D eigenvalue weighted by Crippen LogP contribution is -2.28. The summed E-state index contributed by atoms with van der Waals surface area (Å²) in [5.74, 6) is 0.588. The monoisotopic (exact) mass is 426 g/mol. The number of benzene rings is 2. The summed E-state index contributed by atoms with van der Waals surface area (Å²) in [6, 6.07) is 12.7. The lowest BCUT2D eigenvalue weighted by molar-refractivity contribution is 0.729.